The van der Waals surface area contributed by atoms with Gasteiger partial charge in [-0.1, -0.05) is 18.2 Å². The van der Waals surface area contributed by atoms with Crippen LogP contribution >= 0.6 is 0 Å². The first-order chi connectivity index (χ1) is 10.2. The predicted octanol–water partition coefficient (Wildman–Crippen LogP) is 3.93. The summed E-state index contributed by atoms with van der Waals surface area (Å²) in [5.74, 6) is 0.788. The van der Waals surface area contributed by atoms with Gasteiger partial charge in [0.1, 0.15) is 17.3 Å². The predicted molar refractivity (Wildman–Crippen MR) is 80.8 cm³/mol. The van der Waals surface area contributed by atoms with Crippen molar-refractivity contribution in [3.05, 3.63) is 65.6 Å². The van der Waals surface area contributed by atoms with E-state index in [1.165, 1.54) is 6.07 Å². The summed E-state index contributed by atoms with van der Waals surface area (Å²) in [5.41, 5.74) is 7.94. The van der Waals surface area contributed by atoms with E-state index in [0.29, 0.717) is 23.6 Å². The summed E-state index contributed by atoms with van der Waals surface area (Å²) in [6.07, 6.45) is 1.70. The summed E-state index contributed by atoms with van der Waals surface area (Å²) in [7, 11) is 0. The maximum atomic E-state index is 13.7. The number of halogens is 1. The number of hydrogen-bond donors (Lipinski definition) is 1. The lowest BCUT2D eigenvalue weighted by molar-refractivity contribution is 0.475. The van der Waals surface area contributed by atoms with E-state index >= 15 is 0 Å². The van der Waals surface area contributed by atoms with Crippen LogP contribution in [-0.4, -0.2) is 4.98 Å². The molecule has 0 aliphatic rings. The minimum Gasteiger partial charge on any atom is -0.456 e. The SMILES string of the molecule is Cc1ccc(Oc2c(CN)cnc3ccccc23)cc1F. The van der Waals surface area contributed by atoms with Crippen molar-refractivity contribution in [2.45, 2.75) is 13.5 Å². The van der Waals surface area contributed by atoms with Gasteiger partial charge < -0.3 is 10.5 Å². The van der Waals surface area contributed by atoms with Crippen LogP contribution in [0.1, 0.15) is 11.1 Å². The maximum absolute atomic E-state index is 13.7. The highest BCUT2D eigenvalue weighted by atomic mass is 19.1. The minimum atomic E-state index is -0.292. The smallest absolute Gasteiger partial charge is 0.142 e. The summed E-state index contributed by atoms with van der Waals surface area (Å²) < 4.78 is 19.6. The van der Waals surface area contributed by atoms with Gasteiger partial charge in [0.2, 0.25) is 0 Å². The van der Waals surface area contributed by atoms with Gasteiger partial charge in [0.05, 0.1) is 5.52 Å². The first kappa shape index (κ1) is 13.5. The second-order valence-electron chi connectivity index (χ2n) is 4.85. The van der Waals surface area contributed by atoms with Crippen molar-refractivity contribution >= 4 is 10.9 Å². The Labute approximate surface area is 122 Å². The minimum absolute atomic E-state index is 0.292. The van der Waals surface area contributed by atoms with Crippen LogP contribution in [0.3, 0.4) is 0 Å². The Morgan fingerprint density at radius 2 is 2.00 bits per heavy atom. The average molecular weight is 282 g/mol. The lowest BCUT2D eigenvalue weighted by atomic mass is 10.1. The molecule has 0 amide bonds. The average Bonchev–Trinajstić information content (AvgIpc) is 2.51. The lowest BCUT2D eigenvalue weighted by Gasteiger charge is -2.13. The summed E-state index contributed by atoms with van der Waals surface area (Å²) in [5, 5.41) is 0.862. The molecule has 1 aromatic heterocycles. The fourth-order valence-electron chi connectivity index (χ4n) is 2.18. The third-order valence-corrected chi connectivity index (χ3v) is 3.38. The molecule has 3 aromatic rings. The number of aryl methyl sites for hydroxylation is 1. The highest BCUT2D eigenvalue weighted by Gasteiger charge is 2.11. The van der Waals surface area contributed by atoms with E-state index in [0.717, 1.165) is 16.5 Å². The Bertz CT molecular complexity index is 802. The van der Waals surface area contributed by atoms with Gasteiger partial charge in [0, 0.05) is 29.8 Å². The summed E-state index contributed by atoms with van der Waals surface area (Å²) >= 11 is 0. The molecule has 0 aliphatic heterocycles. The molecule has 0 saturated carbocycles. The number of pyridine rings is 1. The number of nitrogens with two attached hydrogens (primary N) is 1. The van der Waals surface area contributed by atoms with Gasteiger partial charge in [-0.15, -0.1) is 0 Å². The van der Waals surface area contributed by atoms with Crippen molar-refractivity contribution in [3.63, 3.8) is 0 Å². The Morgan fingerprint density at radius 1 is 1.19 bits per heavy atom. The number of fused-ring (bicyclic) bond motifs is 1. The van der Waals surface area contributed by atoms with Crippen LogP contribution in [0.15, 0.2) is 48.7 Å². The van der Waals surface area contributed by atoms with Gasteiger partial charge in [-0.2, -0.15) is 0 Å². The van der Waals surface area contributed by atoms with E-state index in [2.05, 4.69) is 4.98 Å². The van der Waals surface area contributed by atoms with E-state index in [1.54, 1.807) is 25.3 Å². The van der Waals surface area contributed by atoms with Crippen molar-refractivity contribution in [1.82, 2.24) is 4.98 Å². The molecule has 4 heteroatoms. The van der Waals surface area contributed by atoms with Gasteiger partial charge in [0.15, 0.2) is 0 Å². The number of para-hydroxylation sites is 1. The maximum Gasteiger partial charge on any atom is 0.142 e. The van der Waals surface area contributed by atoms with E-state index in [-0.39, 0.29) is 5.82 Å². The number of benzene rings is 2. The van der Waals surface area contributed by atoms with Crippen LogP contribution < -0.4 is 10.5 Å². The van der Waals surface area contributed by atoms with Crippen molar-refractivity contribution in [1.29, 1.82) is 0 Å². The van der Waals surface area contributed by atoms with Gasteiger partial charge in [-0.3, -0.25) is 4.98 Å². The molecule has 2 aromatic carbocycles. The van der Waals surface area contributed by atoms with Crippen LogP contribution in [0.25, 0.3) is 10.9 Å². The van der Waals surface area contributed by atoms with E-state index in [1.807, 2.05) is 24.3 Å². The van der Waals surface area contributed by atoms with Crippen LogP contribution in [-0.2, 0) is 6.54 Å². The van der Waals surface area contributed by atoms with Crippen molar-refractivity contribution in [3.8, 4) is 11.5 Å². The number of rotatable bonds is 3. The standard InChI is InChI=1S/C17H15FN2O/c1-11-6-7-13(8-15(11)18)21-17-12(9-19)10-20-16-5-3-2-4-14(16)17/h2-8,10H,9,19H2,1H3. The first-order valence-corrected chi connectivity index (χ1v) is 6.69. The molecule has 0 radical (unpaired) electrons. The van der Waals surface area contributed by atoms with Crippen LogP contribution in [0.4, 0.5) is 4.39 Å². The van der Waals surface area contributed by atoms with Crippen LogP contribution in [0.5, 0.6) is 11.5 Å². The highest BCUT2D eigenvalue weighted by molar-refractivity contribution is 5.86. The van der Waals surface area contributed by atoms with E-state index in [4.69, 9.17) is 10.5 Å². The molecule has 0 atom stereocenters. The molecule has 0 spiro atoms. The topological polar surface area (TPSA) is 48.1 Å². The third kappa shape index (κ3) is 2.58. The molecule has 2 N–H and O–H groups in total. The number of nitrogens with zero attached hydrogens (tertiary/aromatic N) is 1. The summed E-state index contributed by atoms with van der Waals surface area (Å²) in [6, 6.07) is 12.5. The van der Waals surface area contributed by atoms with Crippen molar-refractivity contribution < 1.29 is 9.13 Å². The van der Waals surface area contributed by atoms with E-state index in [9.17, 15) is 4.39 Å². The van der Waals surface area contributed by atoms with Crippen LogP contribution in [0, 0.1) is 12.7 Å². The number of aromatic nitrogens is 1. The Kier molecular flexibility index (Phi) is 3.54. The van der Waals surface area contributed by atoms with E-state index < -0.39 is 0 Å². The molecule has 0 saturated heterocycles. The highest BCUT2D eigenvalue weighted by Crippen LogP contribution is 2.32. The monoisotopic (exact) mass is 282 g/mol. The van der Waals surface area contributed by atoms with Crippen LogP contribution in [0.2, 0.25) is 0 Å². The molecule has 0 fully saturated rings. The molecule has 0 aliphatic carbocycles. The molecule has 106 valence electrons. The molecule has 0 unspecified atom stereocenters. The normalized spacial score (nSPS) is 10.8. The Balaban J connectivity index is 2.11. The zero-order valence-corrected chi connectivity index (χ0v) is 11.6. The second-order valence-corrected chi connectivity index (χ2v) is 4.85. The molecule has 3 rings (SSSR count). The molecular weight excluding hydrogens is 267 g/mol. The Morgan fingerprint density at radius 3 is 2.76 bits per heavy atom. The van der Waals surface area contributed by atoms with Gasteiger partial charge in [-0.25, -0.2) is 4.39 Å². The van der Waals surface area contributed by atoms with Gasteiger partial charge in [-0.05, 0) is 30.7 Å². The quantitative estimate of drug-likeness (QED) is 0.791. The fourth-order valence-corrected chi connectivity index (χ4v) is 2.18. The number of hydrogen-bond acceptors (Lipinski definition) is 3. The van der Waals surface area contributed by atoms with Crippen molar-refractivity contribution in [2.24, 2.45) is 5.73 Å². The fraction of sp³-hybridized carbons (Fsp3) is 0.118. The van der Waals surface area contributed by atoms with Crippen molar-refractivity contribution in [2.75, 3.05) is 0 Å². The molecule has 0 bridgehead atoms. The number of ether oxygens (including phenoxy) is 1. The summed E-state index contributed by atoms with van der Waals surface area (Å²) in [4.78, 5) is 4.35. The molecule has 3 nitrogen and oxygen atoms in total. The second kappa shape index (κ2) is 5.50. The largest absolute Gasteiger partial charge is 0.456 e. The molecule has 21 heavy (non-hydrogen) atoms. The lowest BCUT2D eigenvalue weighted by Crippen LogP contribution is -2.01. The third-order valence-electron chi connectivity index (χ3n) is 3.38. The zero-order valence-electron chi connectivity index (χ0n) is 11.6. The van der Waals surface area contributed by atoms with Gasteiger partial charge in [0.25, 0.3) is 0 Å². The molecule has 1 heterocycles. The zero-order chi connectivity index (χ0) is 14.8. The first-order valence-electron chi connectivity index (χ1n) is 6.69. The van der Waals surface area contributed by atoms with Gasteiger partial charge >= 0.3 is 0 Å². The summed E-state index contributed by atoms with van der Waals surface area (Å²) in [6.45, 7) is 2.02. The Hall–Kier alpha value is -2.46. The molecular formula is C17H15FN2O.